The molecule has 156 valence electrons. The molecular weight excluding hydrogens is 392 g/mol. The van der Waals surface area contributed by atoms with E-state index in [0.29, 0.717) is 5.56 Å². The number of carbonyl (C=O) groups excluding carboxylic acids is 2. The minimum Gasteiger partial charge on any atom is -0.461 e. The highest BCUT2D eigenvalue weighted by Crippen LogP contribution is 2.24. The van der Waals surface area contributed by atoms with E-state index in [1.807, 2.05) is 0 Å². The Balaban J connectivity index is 1.81. The molecule has 0 aliphatic carbocycles. The van der Waals surface area contributed by atoms with Crippen molar-refractivity contribution >= 4 is 11.9 Å². The zero-order valence-electron chi connectivity index (χ0n) is 16.5. The van der Waals surface area contributed by atoms with Gasteiger partial charge in [-0.1, -0.05) is 24.3 Å². The van der Waals surface area contributed by atoms with Gasteiger partial charge in [-0.25, -0.2) is 18.6 Å². The van der Waals surface area contributed by atoms with Crippen molar-refractivity contribution in [1.82, 2.24) is 14.9 Å². The summed E-state index contributed by atoms with van der Waals surface area (Å²) in [5, 5.41) is 2.51. The number of ether oxygens (including phenoxy) is 1. The first-order chi connectivity index (χ1) is 14.3. The van der Waals surface area contributed by atoms with Crippen molar-refractivity contribution < 1.29 is 23.1 Å². The van der Waals surface area contributed by atoms with Gasteiger partial charge in [-0.3, -0.25) is 4.79 Å². The van der Waals surface area contributed by atoms with Crippen LogP contribution < -0.4 is 5.32 Å². The molecule has 0 radical (unpaired) electrons. The largest absolute Gasteiger partial charge is 0.461 e. The third-order valence-corrected chi connectivity index (χ3v) is 4.29. The SMILES string of the molecule is CC(C)OC(=O)[C@H](Cn1ccnc1)NC(=O)c1ccc(-c2ccccc2F)cc1F. The van der Waals surface area contributed by atoms with Crippen molar-refractivity contribution in [2.24, 2.45) is 0 Å². The number of hydrogen-bond acceptors (Lipinski definition) is 4. The van der Waals surface area contributed by atoms with Crippen LogP contribution >= 0.6 is 0 Å². The number of halogens is 2. The molecule has 8 heteroatoms. The van der Waals surface area contributed by atoms with E-state index in [1.165, 1.54) is 42.9 Å². The van der Waals surface area contributed by atoms with Crippen molar-refractivity contribution in [3.05, 3.63) is 78.4 Å². The van der Waals surface area contributed by atoms with Crippen molar-refractivity contribution in [3.63, 3.8) is 0 Å². The fourth-order valence-electron chi connectivity index (χ4n) is 2.90. The molecule has 0 fully saturated rings. The minimum atomic E-state index is -1.04. The summed E-state index contributed by atoms with van der Waals surface area (Å²) < 4.78 is 35.4. The maximum absolute atomic E-state index is 14.6. The minimum absolute atomic E-state index is 0.0756. The van der Waals surface area contributed by atoms with E-state index in [-0.39, 0.29) is 23.8 Å². The quantitative estimate of drug-likeness (QED) is 0.601. The van der Waals surface area contributed by atoms with Gasteiger partial charge in [-0.2, -0.15) is 0 Å². The number of hydrogen-bond donors (Lipinski definition) is 1. The summed E-state index contributed by atoms with van der Waals surface area (Å²) in [6, 6.07) is 8.72. The van der Waals surface area contributed by atoms with Crippen LogP contribution in [0, 0.1) is 11.6 Å². The van der Waals surface area contributed by atoms with Crippen molar-refractivity contribution in [2.45, 2.75) is 32.5 Å². The number of amides is 1. The molecule has 0 aliphatic rings. The zero-order valence-corrected chi connectivity index (χ0v) is 16.5. The Hall–Kier alpha value is -3.55. The fraction of sp³-hybridized carbons (Fsp3) is 0.227. The summed E-state index contributed by atoms with van der Waals surface area (Å²) in [6.45, 7) is 3.45. The van der Waals surface area contributed by atoms with E-state index in [9.17, 15) is 18.4 Å². The molecule has 0 spiro atoms. The van der Waals surface area contributed by atoms with Gasteiger partial charge in [-0.05, 0) is 37.6 Å². The van der Waals surface area contributed by atoms with Crippen LogP contribution in [0.15, 0.2) is 61.2 Å². The Morgan fingerprint density at radius 1 is 1.13 bits per heavy atom. The molecule has 1 heterocycles. The fourth-order valence-corrected chi connectivity index (χ4v) is 2.90. The Kier molecular flexibility index (Phi) is 6.56. The molecule has 0 unspecified atom stereocenters. The molecule has 0 bridgehead atoms. The number of imidazole rings is 1. The highest BCUT2D eigenvalue weighted by atomic mass is 19.1. The highest BCUT2D eigenvalue weighted by Gasteiger charge is 2.25. The zero-order chi connectivity index (χ0) is 21.7. The topological polar surface area (TPSA) is 73.2 Å². The summed E-state index contributed by atoms with van der Waals surface area (Å²) in [5.74, 6) is -2.74. The van der Waals surface area contributed by atoms with Gasteiger partial charge in [0.25, 0.3) is 5.91 Å². The number of rotatable bonds is 7. The van der Waals surface area contributed by atoms with Crippen LogP contribution in [0.3, 0.4) is 0 Å². The second-order valence-electron chi connectivity index (χ2n) is 6.95. The Labute approximate surface area is 172 Å². The monoisotopic (exact) mass is 413 g/mol. The average Bonchev–Trinajstić information content (AvgIpc) is 3.20. The molecule has 3 rings (SSSR count). The first-order valence-electron chi connectivity index (χ1n) is 9.36. The lowest BCUT2D eigenvalue weighted by molar-refractivity contribution is -0.150. The predicted molar refractivity (Wildman–Crippen MR) is 107 cm³/mol. The number of aromatic nitrogens is 2. The Morgan fingerprint density at radius 2 is 1.90 bits per heavy atom. The van der Waals surface area contributed by atoms with Gasteiger partial charge >= 0.3 is 5.97 Å². The van der Waals surface area contributed by atoms with Crippen LogP contribution in [-0.2, 0) is 16.1 Å². The van der Waals surface area contributed by atoms with Crippen LogP contribution in [0.4, 0.5) is 8.78 Å². The first-order valence-corrected chi connectivity index (χ1v) is 9.36. The van der Waals surface area contributed by atoms with E-state index >= 15 is 0 Å². The number of esters is 1. The molecule has 0 aliphatic heterocycles. The number of nitrogens with one attached hydrogen (secondary N) is 1. The summed E-state index contributed by atoms with van der Waals surface area (Å²) in [4.78, 5) is 29.0. The van der Waals surface area contributed by atoms with Crippen molar-refractivity contribution in [3.8, 4) is 11.1 Å². The van der Waals surface area contributed by atoms with E-state index in [1.54, 1.807) is 30.7 Å². The van der Waals surface area contributed by atoms with Gasteiger partial charge in [0.15, 0.2) is 0 Å². The Morgan fingerprint density at radius 3 is 2.53 bits per heavy atom. The molecule has 1 atom stereocenters. The van der Waals surface area contributed by atoms with Crippen LogP contribution in [0.2, 0.25) is 0 Å². The van der Waals surface area contributed by atoms with Crippen molar-refractivity contribution in [1.29, 1.82) is 0 Å². The van der Waals surface area contributed by atoms with Crippen LogP contribution in [0.1, 0.15) is 24.2 Å². The molecule has 1 N–H and O–H groups in total. The van der Waals surface area contributed by atoms with Gasteiger partial charge in [-0.15, -0.1) is 0 Å². The van der Waals surface area contributed by atoms with Crippen LogP contribution in [-0.4, -0.2) is 33.6 Å². The normalized spacial score (nSPS) is 11.9. The standard InChI is InChI=1S/C22H21F2N3O3/c1-14(2)30-22(29)20(12-27-10-9-25-13-27)26-21(28)17-8-7-15(11-19(17)24)16-5-3-4-6-18(16)23/h3-11,13-14,20H,12H2,1-2H3,(H,26,28)/t20-/m0/s1. The Bertz CT molecular complexity index is 1040. The first kappa shape index (κ1) is 21.2. The lowest BCUT2D eigenvalue weighted by atomic mass is 10.0. The molecule has 1 aromatic heterocycles. The summed E-state index contributed by atoms with van der Waals surface area (Å²) in [6.07, 6.45) is 4.28. The summed E-state index contributed by atoms with van der Waals surface area (Å²) in [7, 11) is 0. The molecule has 30 heavy (non-hydrogen) atoms. The van der Waals surface area contributed by atoms with E-state index < -0.39 is 29.6 Å². The van der Waals surface area contributed by atoms with Crippen molar-refractivity contribution in [2.75, 3.05) is 0 Å². The second kappa shape index (κ2) is 9.30. The third kappa shape index (κ3) is 5.08. The maximum Gasteiger partial charge on any atom is 0.330 e. The number of nitrogens with zero attached hydrogens (tertiary/aromatic N) is 2. The molecular formula is C22H21F2N3O3. The molecule has 2 aromatic carbocycles. The van der Waals surface area contributed by atoms with Gasteiger partial charge in [0.05, 0.1) is 24.5 Å². The highest BCUT2D eigenvalue weighted by molar-refractivity contribution is 5.97. The summed E-state index contributed by atoms with van der Waals surface area (Å²) >= 11 is 0. The van der Waals surface area contributed by atoms with Gasteiger partial charge in [0.2, 0.25) is 0 Å². The lowest BCUT2D eigenvalue weighted by Crippen LogP contribution is -2.45. The van der Waals surface area contributed by atoms with Gasteiger partial charge in [0.1, 0.15) is 17.7 Å². The second-order valence-corrected chi connectivity index (χ2v) is 6.95. The maximum atomic E-state index is 14.6. The molecule has 0 saturated heterocycles. The summed E-state index contributed by atoms with van der Waals surface area (Å²) in [5.41, 5.74) is 0.265. The van der Waals surface area contributed by atoms with Gasteiger partial charge < -0.3 is 14.6 Å². The number of carbonyl (C=O) groups is 2. The van der Waals surface area contributed by atoms with E-state index in [0.717, 1.165) is 6.07 Å². The van der Waals surface area contributed by atoms with Crippen LogP contribution in [0.5, 0.6) is 0 Å². The molecule has 0 saturated carbocycles. The van der Waals surface area contributed by atoms with E-state index in [4.69, 9.17) is 4.74 Å². The molecule has 3 aromatic rings. The predicted octanol–water partition coefficient (Wildman–Crippen LogP) is 3.58. The number of benzene rings is 2. The van der Waals surface area contributed by atoms with Gasteiger partial charge in [0, 0.05) is 18.0 Å². The molecule has 1 amide bonds. The van der Waals surface area contributed by atoms with E-state index in [2.05, 4.69) is 10.3 Å². The lowest BCUT2D eigenvalue weighted by Gasteiger charge is -2.20. The van der Waals surface area contributed by atoms with Crippen LogP contribution in [0.25, 0.3) is 11.1 Å². The third-order valence-electron chi connectivity index (χ3n) is 4.29. The average molecular weight is 413 g/mol. The molecule has 6 nitrogen and oxygen atoms in total. The smallest absolute Gasteiger partial charge is 0.330 e.